The molecule has 1 spiro atoms. The summed E-state index contributed by atoms with van der Waals surface area (Å²) in [6.45, 7) is 8.33. The molecule has 2 N–H and O–H groups in total. The van der Waals surface area contributed by atoms with Crippen LogP contribution in [-0.2, 0) is 16.6 Å². The molecule has 2 atom stereocenters. The Balaban J connectivity index is 1.70. The molecule has 2 aromatic rings. The molecule has 1 aromatic heterocycles. The van der Waals surface area contributed by atoms with Crippen molar-refractivity contribution in [2.75, 3.05) is 19.7 Å². The van der Waals surface area contributed by atoms with Crippen LogP contribution in [0.25, 0.3) is 0 Å². The maximum absolute atomic E-state index is 13.1. The molecule has 1 fully saturated rings. The molecule has 0 radical (unpaired) electrons. The highest BCUT2D eigenvalue weighted by Crippen LogP contribution is 2.51. The van der Waals surface area contributed by atoms with Gasteiger partial charge in [0.15, 0.2) is 5.89 Å². The topological polar surface area (TPSA) is 76.4 Å². The predicted octanol–water partition coefficient (Wildman–Crippen LogP) is 3.06. The lowest BCUT2D eigenvalue weighted by molar-refractivity contribution is -0.0209. The van der Waals surface area contributed by atoms with Crippen LogP contribution in [0.2, 0.25) is 0 Å². The van der Waals surface area contributed by atoms with E-state index in [0.717, 1.165) is 31.5 Å². The molecule has 1 saturated heterocycles. The van der Waals surface area contributed by atoms with E-state index >= 15 is 0 Å². The predicted molar refractivity (Wildman–Crippen MR) is 106 cm³/mol. The molecule has 0 bridgehead atoms. The summed E-state index contributed by atoms with van der Waals surface area (Å²) in [7, 11) is 0. The van der Waals surface area contributed by atoms with Crippen molar-refractivity contribution in [2.24, 2.45) is 0 Å². The van der Waals surface area contributed by atoms with Gasteiger partial charge in [0, 0.05) is 18.4 Å². The summed E-state index contributed by atoms with van der Waals surface area (Å²) < 4.78 is 12.0. The Morgan fingerprint density at radius 2 is 2.07 bits per heavy atom. The number of ether oxygens (including phenoxy) is 1. The summed E-state index contributed by atoms with van der Waals surface area (Å²) in [6.07, 6.45) is 2.58. The van der Waals surface area contributed by atoms with E-state index < -0.39 is 0 Å². The van der Waals surface area contributed by atoms with Gasteiger partial charge in [-0.05, 0) is 50.9 Å². The molecule has 2 heterocycles. The Morgan fingerprint density at radius 3 is 2.75 bits per heavy atom. The lowest BCUT2D eigenvalue weighted by Gasteiger charge is -2.41. The molecule has 2 aliphatic rings. The largest absolute Gasteiger partial charge is 0.435 e. The second-order valence-electron chi connectivity index (χ2n) is 7.70. The number of hydrogen-bond acceptors (Lipinski definition) is 5. The van der Waals surface area contributed by atoms with Crippen molar-refractivity contribution in [2.45, 2.75) is 57.6 Å². The third kappa shape index (κ3) is 3.05. The molecular formula is C22H29N3O3. The Labute approximate surface area is 166 Å². The lowest BCUT2D eigenvalue weighted by Crippen LogP contribution is -2.49. The van der Waals surface area contributed by atoms with Gasteiger partial charge < -0.3 is 19.8 Å². The highest BCUT2D eigenvalue weighted by molar-refractivity contribution is 5.93. The summed E-state index contributed by atoms with van der Waals surface area (Å²) in [5.41, 5.74) is 3.03. The van der Waals surface area contributed by atoms with Crippen LogP contribution in [0.5, 0.6) is 0 Å². The number of oxazole rings is 1. The van der Waals surface area contributed by atoms with Gasteiger partial charge in [0.25, 0.3) is 5.91 Å². The first-order chi connectivity index (χ1) is 13.6. The average Bonchev–Trinajstić information content (AvgIpc) is 3.21. The summed E-state index contributed by atoms with van der Waals surface area (Å²) in [4.78, 5) is 17.4. The van der Waals surface area contributed by atoms with Crippen molar-refractivity contribution in [3.8, 4) is 0 Å². The minimum atomic E-state index is -0.222. The standard InChI is InChI=1S/C22H29N3O3/c1-4-17-24-14(3)19(28-17)21(26)25-18-15-8-6-7-9-16(15)22(20(18)27-5-2)10-12-23-13-11-22/h6-9,18,20,23H,4-5,10-13H2,1-3H3,(H,25,26)/t18-,20+/m0/s1. The third-order valence-corrected chi connectivity index (χ3v) is 6.16. The van der Waals surface area contributed by atoms with Crippen LogP contribution in [0.3, 0.4) is 0 Å². The van der Waals surface area contributed by atoms with Gasteiger partial charge >= 0.3 is 0 Å². The van der Waals surface area contributed by atoms with Gasteiger partial charge in [-0.3, -0.25) is 4.79 Å². The second kappa shape index (κ2) is 7.68. The molecule has 0 unspecified atom stereocenters. The first-order valence-electron chi connectivity index (χ1n) is 10.3. The smallest absolute Gasteiger partial charge is 0.289 e. The van der Waals surface area contributed by atoms with E-state index in [-0.39, 0.29) is 23.5 Å². The fourth-order valence-electron chi connectivity index (χ4n) is 4.89. The Kier molecular flexibility index (Phi) is 5.25. The van der Waals surface area contributed by atoms with E-state index in [9.17, 15) is 4.79 Å². The van der Waals surface area contributed by atoms with Crippen molar-refractivity contribution >= 4 is 5.91 Å². The van der Waals surface area contributed by atoms with Crippen LogP contribution in [0.4, 0.5) is 0 Å². The number of nitrogens with one attached hydrogen (secondary N) is 2. The number of aromatic nitrogens is 1. The average molecular weight is 383 g/mol. The molecule has 1 amide bonds. The summed E-state index contributed by atoms with van der Waals surface area (Å²) in [5, 5.41) is 6.68. The zero-order valence-corrected chi connectivity index (χ0v) is 16.9. The van der Waals surface area contributed by atoms with E-state index in [0.29, 0.717) is 30.4 Å². The van der Waals surface area contributed by atoms with Crippen LogP contribution >= 0.6 is 0 Å². The Morgan fingerprint density at radius 1 is 1.32 bits per heavy atom. The highest BCUT2D eigenvalue weighted by Gasteiger charge is 2.53. The number of rotatable bonds is 5. The van der Waals surface area contributed by atoms with E-state index in [1.807, 2.05) is 26.8 Å². The Hall–Kier alpha value is -2.18. The van der Waals surface area contributed by atoms with E-state index in [2.05, 4.69) is 33.8 Å². The number of hydrogen-bond donors (Lipinski definition) is 2. The fraction of sp³-hybridized carbons (Fsp3) is 0.545. The van der Waals surface area contributed by atoms with E-state index in [1.54, 1.807) is 0 Å². The number of carbonyl (C=O) groups is 1. The van der Waals surface area contributed by atoms with Gasteiger partial charge in [-0.1, -0.05) is 31.2 Å². The zero-order valence-electron chi connectivity index (χ0n) is 16.9. The fourth-order valence-corrected chi connectivity index (χ4v) is 4.89. The monoisotopic (exact) mass is 383 g/mol. The maximum atomic E-state index is 13.1. The quantitative estimate of drug-likeness (QED) is 0.830. The number of nitrogens with zero attached hydrogens (tertiary/aromatic N) is 1. The number of fused-ring (bicyclic) bond motifs is 2. The van der Waals surface area contributed by atoms with Gasteiger partial charge in [0.1, 0.15) is 0 Å². The molecule has 0 saturated carbocycles. The van der Waals surface area contributed by atoms with Crippen LogP contribution in [-0.4, -0.2) is 36.7 Å². The SMILES string of the molecule is CCO[C@@H]1[C@@H](NC(=O)c2oc(CC)nc2C)c2ccccc2C12CCNCC2. The van der Waals surface area contributed by atoms with Gasteiger partial charge in [-0.25, -0.2) is 4.98 Å². The van der Waals surface area contributed by atoms with Crippen molar-refractivity contribution in [1.29, 1.82) is 0 Å². The van der Waals surface area contributed by atoms with Crippen LogP contribution in [0.1, 0.15) is 66.0 Å². The van der Waals surface area contributed by atoms with E-state index in [4.69, 9.17) is 9.15 Å². The number of amides is 1. The summed E-state index contributed by atoms with van der Waals surface area (Å²) in [6, 6.07) is 8.25. The maximum Gasteiger partial charge on any atom is 0.289 e. The minimum absolute atomic E-state index is 0.0686. The third-order valence-electron chi connectivity index (χ3n) is 6.16. The van der Waals surface area contributed by atoms with E-state index in [1.165, 1.54) is 5.56 Å². The number of carbonyl (C=O) groups excluding carboxylic acids is 1. The van der Waals surface area contributed by atoms with Gasteiger partial charge in [0.2, 0.25) is 5.76 Å². The van der Waals surface area contributed by atoms with Crippen molar-refractivity contribution < 1.29 is 13.9 Å². The van der Waals surface area contributed by atoms with Crippen LogP contribution in [0, 0.1) is 6.92 Å². The molecule has 6 nitrogen and oxygen atoms in total. The van der Waals surface area contributed by atoms with Crippen LogP contribution < -0.4 is 10.6 Å². The van der Waals surface area contributed by atoms with Gasteiger partial charge in [0.05, 0.1) is 17.8 Å². The first kappa shape index (κ1) is 19.2. The number of piperidine rings is 1. The summed E-state index contributed by atoms with van der Waals surface area (Å²) in [5.74, 6) is 0.668. The van der Waals surface area contributed by atoms with Crippen molar-refractivity contribution in [3.63, 3.8) is 0 Å². The van der Waals surface area contributed by atoms with Gasteiger partial charge in [-0.2, -0.15) is 0 Å². The lowest BCUT2D eigenvalue weighted by atomic mass is 9.72. The normalized spacial score (nSPS) is 23.0. The second-order valence-corrected chi connectivity index (χ2v) is 7.70. The van der Waals surface area contributed by atoms with Crippen molar-refractivity contribution in [1.82, 2.24) is 15.6 Å². The molecule has 4 rings (SSSR count). The molecule has 1 aliphatic carbocycles. The minimum Gasteiger partial charge on any atom is -0.435 e. The Bertz CT molecular complexity index is 854. The molecule has 1 aromatic carbocycles. The first-order valence-corrected chi connectivity index (χ1v) is 10.3. The summed E-state index contributed by atoms with van der Waals surface area (Å²) >= 11 is 0. The molecule has 28 heavy (non-hydrogen) atoms. The number of benzene rings is 1. The van der Waals surface area contributed by atoms with Crippen molar-refractivity contribution in [3.05, 3.63) is 52.7 Å². The molecule has 6 heteroatoms. The van der Waals surface area contributed by atoms with Crippen LogP contribution in [0.15, 0.2) is 28.7 Å². The van der Waals surface area contributed by atoms with Gasteiger partial charge in [-0.15, -0.1) is 0 Å². The number of aryl methyl sites for hydroxylation is 2. The molecule has 150 valence electrons. The molecular weight excluding hydrogens is 354 g/mol. The molecule has 1 aliphatic heterocycles. The zero-order chi connectivity index (χ0) is 19.7. The highest BCUT2D eigenvalue weighted by atomic mass is 16.5.